The van der Waals surface area contributed by atoms with Gasteiger partial charge in [0.25, 0.3) is 0 Å². The Labute approximate surface area is 150 Å². The first kappa shape index (κ1) is 22.9. The van der Waals surface area contributed by atoms with E-state index in [1.54, 1.807) is 31.2 Å². The number of benzene rings is 1. The van der Waals surface area contributed by atoms with E-state index in [1.165, 1.54) is 7.11 Å². The van der Waals surface area contributed by atoms with Crippen LogP contribution in [0.15, 0.2) is 24.3 Å². The number of rotatable bonds is 8. The number of halogens is 1. The molecule has 138 valence electrons. The van der Waals surface area contributed by atoms with Crippen LogP contribution < -0.4 is 10.5 Å². The molecular weight excluding hydrogens is 352 g/mol. The fraction of sp³-hybridized carbons (Fsp3) is 0.562. The van der Waals surface area contributed by atoms with Gasteiger partial charge in [-0.1, -0.05) is 32.0 Å². The van der Waals surface area contributed by atoms with Gasteiger partial charge in [-0.25, -0.2) is 17.9 Å². The smallest absolute Gasteiger partial charge is 0.338 e. The maximum Gasteiger partial charge on any atom is 0.338 e. The molecule has 8 heteroatoms. The minimum Gasteiger partial charge on any atom is -0.465 e. The molecule has 0 aliphatic rings. The zero-order chi connectivity index (χ0) is 17.7. The molecule has 24 heavy (non-hydrogen) atoms. The van der Waals surface area contributed by atoms with Gasteiger partial charge in [0.1, 0.15) is 0 Å². The molecule has 0 saturated carbocycles. The Morgan fingerprint density at radius 2 is 1.92 bits per heavy atom. The summed E-state index contributed by atoms with van der Waals surface area (Å²) in [4.78, 5) is 11.7. The van der Waals surface area contributed by atoms with Crippen LogP contribution in [0.4, 0.5) is 0 Å². The van der Waals surface area contributed by atoms with E-state index in [9.17, 15) is 13.2 Å². The molecule has 1 aromatic carbocycles. The Hall–Kier alpha value is -1.15. The fourth-order valence-corrected chi connectivity index (χ4v) is 4.29. The standard InChI is InChI=1S/C16H26N2O4S.ClH/c1-12(2)9-16(3,11-17)18-23(20,21)10-13-7-5-6-8-14(13)15(19)22-4;/h5-8,12,18H,9-11,17H2,1-4H3;1H. The van der Waals surface area contributed by atoms with Crippen molar-refractivity contribution in [1.82, 2.24) is 4.72 Å². The summed E-state index contributed by atoms with van der Waals surface area (Å²) in [6, 6.07) is 6.51. The van der Waals surface area contributed by atoms with Gasteiger partial charge in [0.15, 0.2) is 0 Å². The summed E-state index contributed by atoms with van der Waals surface area (Å²) in [6.07, 6.45) is 0.626. The number of nitrogens with two attached hydrogens (primary N) is 1. The van der Waals surface area contributed by atoms with Crippen LogP contribution in [0.1, 0.15) is 43.1 Å². The van der Waals surface area contributed by atoms with Gasteiger partial charge in [-0.2, -0.15) is 0 Å². The Kier molecular flexibility index (Phi) is 8.91. The highest BCUT2D eigenvalue weighted by Crippen LogP contribution is 2.19. The van der Waals surface area contributed by atoms with E-state index in [1.807, 2.05) is 13.8 Å². The quantitative estimate of drug-likeness (QED) is 0.675. The van der Waals surface area contributed by atoms with Crippen molar-refractivity contribution in [3.05, 3.63) is 35.4 Å². The number of ether oxygens (including phenoxy) is 1. The lowest BCUT2D eigenvalue weighted by atomic mass is 9.92. The second-order valence-electron chi connectivity index (χ2n) is 6.37. The molecule has 0 aliphatic heterocycles. The molecule has 0 amide bonds. The summed E-state index contributed by atoms with van der Waals surface area (Å²) in [6.45, 7) is 6.00. The summed E-state index contributed by atoms with van der Waals surface area (Å²) in [7, 11) is -2.39. The fourth-order valence-electron chi connectivity index (χ4n) is 2.64. The van der Waals surface area contributed by atoms with Gasteiger partial charge in [-0.15, -0.1) is 12.4 Å². The van der Waals surface area contributed by atoms with Gasteiger partial charge >= 0.3 is 5.97 Å². The van der Waals surface area contributed by atoms with Crippen LogP contribution in [0.5, 0.6) is 0 Å². The first-order valence-corrected chi connectivity index (χ1v) is 9.15. The lowest BCUT2D eigenvalue weighted by Gasteiger charge is -2.30. The van der Waals surface area contributed by atoms with Crippen molar-refractivity contribution >= 4 is 28.4 Å². The molecule has 0 radical (unpaired) electrons. The van der Waals surface area contributed by atoms with Crippen molar-refractivity contribution in [2.75, 3.05) is 13.7 Å². The van der Waals surface area contributed by atoms with Crippen LogP contribution in [0.25, 0.3) is 0 Å². The average Bonchev–Trinajstić information content (AvgIpc) is 2.45. The van der Waals surface area contributed by atoms with Gasteiger partial charge in [0, 0.05) is 12.1 Å². The van der Waals surface area contributed by atoms with E-state index in [-0.39, 0.29) is 30.3 Å². The molecule has 1 aromatic rings. The summed E-state index contributed by atoms with van der Waals surface area (Å²) < 4.78 is 32.4. The van der Waals surface area contributed by atoms with E-state index in [2.05, 4.69) is 4.72 Å². The Balaban J connectivity index is 0.00000529. The summed E-state index contributed by atoms with van der Waals surface area (Å²) in [5.41, 5.74) is 5.69. The van der Waals surface area contributed by atoms with Gasteiger partial charge in [0.2, 0.25) is 10.0 Å². The maximum absolute atomic E-state index is 12.5. The summed E-state index contributed by atoms with van der Waals surface area (Å²) >= 11 is 0. The van der Waals surface area contributed by atoms with Crippen LogP contribution in [-0.2, 0) is 20.5 Å². The molecule has 0 fully saturated rings. The Morgan fingerprint density at radius 1 is 1.33 bits per heavy atom. The molecule has 0 aromatic heterocycles. The van der Waals surface area contributed by atoms with Crippen molar-refractivity contribution in [3.63, 3.8) is 0 Å². The van der Waals surface area contributed by atoms with Crippen molar-refractivity contribution in [2.24, 2.45) is 11.7 Å². The van der Waals surface area contributed by atoms with E-state index >= 15 is 0 Å². The van der Waals surface area contributed by atoms with Gasteiger partial charge in [-0.05, 0) is 30.9 Å². The lowest BCUT2D eigenvalue weighted by Crippen LogP contribution is -2.52. The van der Waals surface area contributed by atoms with Crippen LogP contribution >= 0.6 is 12.4 Å². The van der Waals surface area contributed by atoms with Crippen LogP contribution in [0, 0.1) is 5.92 Å². The third-order valence-corrected chi connectivity index (χ3v) is 4.97. The third-order valence-electron chi connectivity index (χ3n) is 3.48. The number of methoxy groups -OCH3 is 1. The molecule has 0 bridgehead atoms. The highest BCUT2D eigenvalue weighted by atomic mass is 35.5. The second kappa shape index (κ2) is 9.36. The summed E-state index contributed by atoms with van der Waals surface area (Å²) in [5.74, 6) is -0.556. The first-order chi connectivity index (χ1) is 10.6. The van der Waals surface area contributed by atoms with E-state index < -0.39 is 21.5 Å². The summed E-state index contributed by atoms with van der Waals surface area (Å²) in [5, 5.41) is 0. The number of esters is 1. The molecule has 6 nitrogen and oxygen atoms in total. The molecule has 0 spiro atoms. The monoisotopic (exact) mass is 378 g/mol. The second-order valence-corrected chi connectivity index (χ2v) is 8.09. The largest absolute Gasteiger partial charge is 0.465 e. The Bertz CT molecular complexity index is 649. The van der Waals surface area contributed by atoms with Crippen molar-refractivity contribution in [3.8, 4) is 0 Å². The van der Waals surface area contributed by atoms with Crippen molar-refractivity contribution in [2.45, 2.75) is 38.5 Å². The van der Waals surface area contributed by atoms with Crippen molar-refractivity contribution in [1.29, 1.82) is 0 Å². The van der Waals surface area contributed by atoms with Crippen molar-refractivity contribution < 1.29 is 17.9 Å². The highest BCUT2D eigenvalue weighted by molar-refractivity contribution is 7.88. The number of nitrogens with one attached hydrogen (secondary N) is 1. The predicted octanol–water partition coefficient (Wildman–Crippen LogP) is 2.08. The zero-order valence-electron chi connectivity index (χ0n) is 14.5. The van der Waals surface area contributed by atoms with Gasteiger partial charge in [0.05, 0.1) is 18.4 Å². The maximum atomic E-state index is 12.5. The van der Waals surface area contributed by atoms with E-state index in [0.29, 0.717) is 17.9 Å². The SMILES string of the molecule is COC(=O)c1ccccc1CS(=O)(=O)NC(C)(CN)CC(C)C.Cl. The minimum absolute atomic E-state index is 0. The first-order valence-electron chi connectivity index (χ1n) is 7.50. The minimum atomic E-state index is -3.65. The van der Waals surface area contributed by atoms with Crippen LogP contribution in [0.2, 0.25) is 0 Å². The topological polar surface area (TPSA) is 98.5 Å². The molecule has 0 saturated heterocycles. The number of hydrogen-bond acceptors (Lipinski definition) is 5. The lowest BCUT2D eigenvalue weighted by molar-refractivity contribution is 0.0600. The number of carbonyl (C=O) groups excluding carboxylic acids is 1. The molecule has 3 N–H and O–H groups in total. The molecule has 1 atom stereocenters. The number of carbonyl (C=O) groups is 1. The average molecular weight is 379 g/mol. The number of hydrogen-bond donors (Lipinski definition) is 2. The van der Waals surface area contributed by atoms with E-state index in [0.717, 1.165) is 0 Å². The van der Waals surface area contributed by atoms with Crippen LogP contribution in [-0.4, -0.2) is 33.6 Å². The molecule has 1 unspecified atom stereocenters. The highest BCUT2D eigenvalue weighted by Gasteiger charge is 2.30. The molecule has 0 heterocycles. The molecule has 1 rings (SSSR count). The Morgan fingerprint density at radius 3 is 2.42 bits per heavy atom. The normalized spacial score (nSPS) is 13.9. The zero-order valence-corrected chi connectivity index (χ0v) is 16.2. The van der Waals surface area contributed by atoms with Crippen LogP contribution in [0.3, 0.4) is 0 Å². The van der Waals surface area contributed by atoms with Gasteiger partial charge < -0.3 is 10.5 Å². The predicted molar refractivity (Wildman–Crippen MR) is 97.7 cm³/mol. The number of sulfonamides is 1. The van der Waals surface area contributed by atoms with E-state index in [4.69, 9.17) is 10.5 Å². The van der Waals surface area contributed by atoms with Gasteiger partial charge in [-0.3, -0.25) is 0 Å². The third kappa shape index (κ3) is 6.76. The molecule has 0 aliphatic carbocycles. The molecular formula is C16H27ClN2O4S.